The van der Waals surface area contributed by atoms with Crippen molar-refractivity contribution in [3.8, 4) is 0 Å². The summed E-state index contributed by atoms with van der Waals surface area (Å²) in [6, 6.07) is 0.232. The summed E-state index contributed by atoms with van der Waals surface area (Å²) in [4.78, 5) is 43.9. The number of aromatic nitrogens is 3. The Morgan fingerprint density at radius 2 is 2.27 bits per heavy atom. The predicted octanol–water partition coefficient (Wildman–Crippen LogP) is 0.493. The van der Waals surface area contributed by atoms with Crippen LogP contribution >= 0.6 is 11.3 Å². The molecule has 7 nitrogen and oxygen atoms in total. The molecule has 1 saturated carbocycles. The summed E-state index contributed by atoms with van der Waals surface area (Å²) < 4.78 is 1.25. The molecule has 1 amide bonds. The molecule has 0 bridgehead atoms. The first-order chi connectivity index (χ1) is 10.5. The second-order valence-corrected chi connectivity index (χ2v) is 6.36. The van der Waals surface area contributed by atoms with Gasteiger partial charge in [-0.15, -0.1) is 11.3 Å². The molecular weight excluding hydrogens is 304 g/mol. The number of carbonyl (C=O) groups excluding carboxylic acids is 1. The van der Waals surface area contributed by atoms with E-state index in [1.807, 2.05) is 5.38 Å². The zero-order chi connectivity index (χ0) is 15.7. The standard InChI is InChI=1S/C14H16N4O3S/c1-9-6-17(14(21)16-13(9)20)8-12(19)18(10-2-3-10)7-11-15-4-5-22-11/h4-6,10H,2-3,7-8H2,1H3,(H,16,20,21). The van der Waals surface area contributed by atoms with Gasteiger partial charge in [0.25, 0.3) is 5.56 Å². The minimum atomic E-state index is -0.561. The summed E-state index contributed by atoms with van der Waals surface area (Å²) in [6.07, 6.45) is 5.10. The number of aryl methyl sites for hydroxylation is 1. The van der Waals surface area contributed by atoms with Crippen molar-refractivity contribution in [1.29, 1.82) is 0 Å². The van der Waals surface area contributed by atoms with E-state index < -0.39 is 11.2 Å². The van der Waals surface area contributed by atoms with Crippen molar-refractivity contribution in [1.82, 2.24) is 19.4 Å². The minimum absolute atomic E-state index is 0.0711. The quantitative estimate of drug-likeness (QED) is 0.868. The van der Waals surface area contributed by atoms with E-state index in [0.29, 0.717) is 12.1 Å². The molecule has 0 atom stereocenters. The SMILES string of the molecule is Cc1cn(CC(=O)N(Cc2nccs2)C2CC2)c(=O)[nH]c1=O. The Kier molecular flexibility index (Phi) is 3.93. The van der Waals surface area contributed by atoms with E-state index >= 15 is 0 Å². The Labute approximate surface area is 130 Å². The highest BCUT2D eigenvalue weighted by Crippen LogP contribution is 2.28. The Morgan fingerprint density at radius 1 is 1.50 bits per heavy atom. The van der Waals surface area contributed by atoms with Gasteiger partial charge in [0.2, 0.25) is 5.91 Å². The van der Waals surface area contributed by atoms with E-state index in [2.05, 4.69) is 9.97 Å². The molecule has 1 aliphatic rings. The van der Waals surface area contributed by atoms with E-state index in [1.165, 1.54) is 22.1 Å². The zero-order valence-corrected chi connectivity index (χ0v) is 12.9. The van der Waals surface area contributed by atoms with Crippen LogP contribution in [0.15, 0.2) is 27.4 Å². The van der Waals surface area contributed by atoms with E-state index in [9.17, 15) is 14.4 Å². The molecule has 3 rings (SSSR count). The summed E-state index contributed by atoms with van der Waals surface area (Å²) in [7, 11) is 0. The molecule has 0 spiro atoms. The molecule has 1 aliphatic carbocycles. The van der Waals surface area contributed by atoms with Crippen LogP contribution in [0.2, 0.25) is 0 Å². The van der Waals surface area contributed by atoms with Crippen LogP contribution in [-0.4, -0.2) is 31.4 Å². The fraction of sp³-hybridized carbons (Fsp3) is 0.429. The van der Waals surface area contributed by atoms with Crippen molar-refractivity contribution in [2.24, 2.45) is 0 Å². The molecule has 0 saturated heterocycles. The highest BCUT2D eigenvalue weighted by atomic mass is 32.1. The van der Waals surface area contributed by atoms with Gasteiger partial charge in [-0.05, 0) is 19.8 Å². The van der Waals surface area contributed by atoms with Crippen molar-refractivity contribution in [3.05, 3.63) is 49.2 Å². The maximum Gasteiger partial charge on any atom is 0.328 e. The van der Waals surface area contributed by atoms with Crippen LogP contribution in [0.3, 0.4) is 0 Å². The summed E-state index contributed by atoms with van der Waals surface area (Å²) >= 11 is 1.51. The third kappa shape index (κ3) is 3.16. The van der Waals surface area contributed by atoms with Crippen molar-refractivity contribution in [2.45, 2.75) is 38.9 Å². The van der Waals surface area contributed by atoms with Crippen molar-refractivity contribution < 1.29 is 4.79 Å². The molecule has 22 heavy (non-hydrogen) atoms. The lowest BCUT2D eigenvalue weighted by Gasteiger charge is -2.21. The molecule has 2 aromatic heterocycles. The van der Waals surface area contributed by atoms with Crippen LogP contribution in [0.1, 0.15) is 23.4 Å². The number of aromatic amines is 1. The van der Waals surface area contributed by atoms with Gasteiger partial charge in [-0.1, -0.05) is 0 Å². The molecule has 1 fully saturated rings. The molecule has 116 valence electrons. The van der Waals surface area contributed by atoms with Crippen molar-refractivity contribution in [3.63, 3.8) is 0 Å². The summed E-state index contributed by atoms with van der Waals surface area (Å²) in [5.74, 6) is -0.133. The number of hydrogen-bond donors (Lipinski definition) is 1. The maximum absolute atomic E-state index is 12.5. The second kappa shape index (κ2) is 5.88. The highest BCUT2D eigenvalue weighted by Gasteiger charge is 2.33. The third-order valence-electron chi connectivity index (χ3n) is 3.59. The lowest BCUT2D eigenvalue weighted by Crippen LogP contribution is -2.39. The fourth-order valence-electron chi connectivity index (χ4n) is 2.26. The minimum Gasteiger partial charge on any atom is -0.331 e. The topological polar surface area (TPSA) is 88.1 Å². The van der Waals surface area contributed by atoms with Gasteiger partial charge in [0, 0.05) is 29.4 Å². The van der Waals surface area contributed by atoms with Gasteiger partial charge in [-0.2, -0.15) is 0 Å². The van der Waals surface area contributed by atoms with Gasteiger partial charge < -0.3 is 4.90 Å². The fourth-order valence-corrected chi connectivity index (χ4v) is 2.87. The smallest absolute Gasteiger partial charge is 0.328 e. The Hall–Kier alpha value is -2.22. The molecule has 0 aliphatic heterocycles. The van der Waals surface area contributed by atoms with Crippen LogP contribution in [-0.2, 0) is 17.9 Å². The number of rotatable bonds is 5. The number of carbonyl (C=O) groups is 1. The van der Waals surface area contributed by atoms with Gasteiger partial charge in [0.15, 0.2) is 0 Å². The van der Waals surface area contributed by atoms with Crippen LogP contribution in [0.5, 0.6) is 0 Å². The van der Waals surface area contributed by atoms with E-state index in [0.717, 1.165) is 17.8 Å². The first kappa shape index (κ1) is 14.7. The Balaban J connectivity index is 1.78. The van der Waals surface area contributed by atoms with E-state index in [-0.39, 0.29) is 18.5 Å². The Morgan fingerprint density at radius 3 is 2.91 bits per heavy atom. The molecular formula is C14H16N4O3S. The predicted molar refractivity (Wildman–Crippen MR) is 81.7 cm³/mol. The molecule has 0 unspecified atom stereocenters. The van der Waals surface area contributed by atoms with E-state index in [4.69, 9.17) is 0 Å². The van der Waals surface area contributed by atoms with Crippen LogP contribution in [0.4, 0.5) is 0 Å². The molecule has 2 heterocycles. The van der Waals surface area contributed by atoms with Crippen LogP contribution in [0.25, 0.3) is 0 Å². The average Bonchev–Trinajstić information content (AvgIpc) is 3.18. The van der Waals surface area contributed by atoms with Crippen LogP contribution in [0, 0.1) is 6.92 Å². The average molecular weight is 320 g/mol. The lowest BCUT2D eigenvalue weighted by molar-refractivity contribution is -0.133. The number of amides is 1. The van der Waals surface area contributed by atoms with Crippen molar-refractivity contribution >= 4 is 17.2 Å². The lowest BCUT2D eigenvalue weighted by atomic mass is 10.3. The number of H-pyrrole nitrogens is 1. The molecule has 2 aromatic rings. The number of nitrogens with zero attached hydrogens (tertiary/aromatic N) is 3. The third-order valence-corrected chi connectivity index (χ3v) is 4.36. The second-order valence-electron chi connectivity index (χ2n) is 5.38. The largest absolute Gasteiger partial charge is 0.331 e. The number of hydrogen-bond acceptors (Lipinski definition) is 5. The van der Waals surface area contributed by atoms with Gasteiger partial charge >= 0.3 is 5.69 Å². The maximum atomic E-state index is 12.5. The molecule has 8 heteroatoms. The zero-order valence-electron chi connectivity index (χ0n) is 12.1. The first-order valence-electron chi connectivity index (χ1n) is 7.03. The molecule has 0 aromatic carbocycles. The molecule has 0 radical (unpaired) electrons. The number of thiazole rings is 1. The van der Waals surface area contributed by atoms with Gasteiger partial charge in [0.05, 0.1) is 6.54 Å². The highest BCUT2D eigenvalue weighted by molar-refractivity contribution is 7.09. The van der Waals surface area contributed by atoms with Crippen LogP contribution < -0.4 is 11.2 Å². The first-order valence-corrected chi connectivity index (χ1v) is 7.91. The number of nitrogens with one attached hydrogen (secondary N) is 1. The van der Waals surface area contributed by atoms with Crippen molar-refractivity contribution in [2.75, 3.05) is 0 Å². The van der Waals surface area contributed by atoms with Gasteiger partial charge in [-0.3, -0.25) is 19.1 Å². The molecule has 1 N–H and O–H groups in total. The normalized spacial score (nSPS) is 14.0. The summed E-state index contributed by atoms with van der Waals surface area (Å²) in [5, 5.41) is 2.76. The Bertz CT molecular complexity index is 789. The monoisotopic (exact) mass is 320 g/mol. The van der Waals surface area contributed by atoms with E-state index in [1.54, 1.807) is 18.0 Å². The summed E-state index contributed by atoms with van der Waals surface area (Å²) in [6.45, 7) is 2.00. The summed E-state index contributed by atoms with van der Waals surface area (Å²) in [5.41, 5.74) is -0.574. The van der Waals surface area contributed by atoms with Gasteiger partial charge in [-0.25, -0.2) is 9.78 Å². The van der Waals surface area contributed by atoms with Gasteiger partial charge in [0.1, 0.15) is 11.6 Å².